The Bertz CT molecular complexity index is 495. The van der Waals surface area contributed by atoms with Crippen LogP contribution in [0.5, 0.6) is 5.75 Å². The van der Waals surface area contributed by atoms with Crippen LogP contribution in [0.25, 0.3) is 11.1 Å². The van der Waals surface area contributed by atoms with Crippen LogP contribution >= 0.6 is 0 Å². The zero-order valence-electron chi connectivity index (χ0n) is 7.31. The summed E-state index contributed by atoms with van der Waals surface area (Å²) < 4.78 is 33.1. The Morgan fingerprint density at radius 1 is 1.47 bits per heavy atom. The van der Waals surface area contributed by atoms with E-state index in [0.717, 1.165) is 0 Å². The number of oxazole rings is 1. The van der Waals surface area contributed by atoms with Crippen molar-refractivity contribution < 1.29 is 22.7 Å². The number of nitrogens with zero attached hydrogens (tertiary/aromatic N) is 1. The van der Waals surface area contributed by atoms with Crippen LogP contribution in [-0.2, 0) is 0 Å². The number of aromatic nitrogens is 1. The summed E-state index contributed by atoms with van der Waals surface area (Å²) >= 11 is 0. The summed E-state index contributed by atoms with van der Waals surface area (Å²) in [5, 5.41) is 0. The zero-order chi connectivity index (χ0) is 10.8. The summed E-state index contributed by atoms with van der Waals surface area (Å²) in [5.41, 5.74) is 0.343. The Hall–Kier alpha value is -1.98. The molecule has 0 N–H and O–H groups in total. The molecular formula is C9H5F2NO3. The minimum Gasteiger partial charge on any atom is -0.431 e. The number of benzene rings is 1. The number of para-hydroxylation sites is 1. The molecule has 0 aliphatic carbocycles. The summed E-state index contributed by atoms with van der Waals surface area (Å²) in [5.74, 6) is -0.307. The van der Waals surface area contributed by atoms with E-state index in [-0.39, 0.29) is 17.2 Å². The third-order valence-electron chi connectivity index (χ3n) is 1.71. The van der Waals surface area contributed by atoms with Crippen LogP contribution in [0, 0.1) is 0 Å². The molecule has 0 unspecified atom stereocenters. The summed E-state index contributed by atoms with van der Waals surface area (Å²) in [4.78, 5) is 14.1. The molecule has 0 fully saturated rings. The van der Waals surface area contributed by atoms with Crippen molar-refractivity contribution in [3.8, 4) is 5.75 Å². The molecule has 2 aromatic rings. The second kappa shape index (κ2) is 3.64. The average molecular weight is 213 g/mol. The van der Waals surface area contributed by atoms with Crippen molar-refractivity contribution in [2.45, 2.75) is 6.61 Å². The van der Waals surface area contributed by atoms with Crippen LogP contribution in [0.15, 0.2) is 22.6 Å². The van der Waals surface area contributed by atoms with E-state index in [1.54, 1.807) is 0 Å². The Balaban J connectivity index is 2.54. The normalized spacial score (nSPS) is 10.9. The average Bonchev–Trinajstić information content (AvgIpc) is 2.61. The molecule has 0 aliphatic rings. The fourth-order valence-corrected chi connectivity index (χ4v) is 1.18. The van der Waals surface area contributed by atoms with Crippen LogP contribution in [0.1, 0.15) is 10.7 Å². The Morgan fingerprint density at radius 2 is 2.27 bits per heavy atom. The molecule has 78 valence electrons. The van der Waals surface area contributed by atoms with Crippen molar-refractivity contribution in [2.24, 2.45) is 0 Å². The van der Waals surface area contributed by atoms with Crippen molar-refractivity contribution in [2.75, 3.05) is 0 Å². The van der Waals surface area contributed by atoms with E-state index in [2.05, 4.69) is 9.72 Å². The monoisotopic (exact) mass is 213 g/mol. The Morgan fingerprint density at radius 3 is 2.93 bits per heavy atom. The van der Waals surface area contributed by atoms with Crippen LogP contribution in [0.2, 0.25) is 0 Å². The molecule has 1 aromatic heterocycles. The molecule has 0 saturated heterocycles. The molecule has 0 radical (unpaired) electrons. The predicted octanol–water partition coefficient (Wildman–Crippen LogP) is 2.24. The highest BCUT2D eigenvalue weighted by molar-refractivity contribution is 5.83. The maximum absolute atomic E-state index is 12.0. The van der Waals surface area contributed by atoms with Gasteiger partial charge in [-0.1, -0.05) is 6.07 Å². The van der Waals surface area contributed by atoms with Crippen LogP contribution in [-0.4, -0.2) is 17.9 Å². The number of hydrogen-bond acceptors (Lipinski definition) is 4. The fourth-order valence-electron chi connectivity index (χ4n) is 1.18. The van der Waals surface area contributed by atoms with E-state index in [1.807, 2.05) is 0 Å². The maximum Gasteiger partial charge on any atom is 0.387 e. The molecule has 15 heavy (non-hydrogen) atoms. The van der Waals surface area contributed by atoms with Gasteiger partial charge in [-0.05, 0) is 12.1 Å². The van der Waals surface area contributed by atoms with E-state index < -0.39 is 6.61 Å². The Kier molecular flexibility index (Phi) is 2.32. The first-order valence-electron chi connectivity index (χ1n) is 4.00. The molecule has 4 nitrogen and oxygen atoms in total. The van der Waals surface area contributed by atoms with Gasteiger partial charge in [0.1, 0.15) is 5.52 Å². The number of rotatable bonds is 3. The first-order chi connectivity index (χ1) is 7.20. The highest BCUT2D eigenvalue weighted by Gasteiger charge is 2.13. The molecule has 2 rings (SSSR count). The lowest BCUT2D eigenvalue weighted by atomic mass is 10.3. The van der Waals surface area contributed by atoms with E-state index in [9.17, 15) is 13.6 Å². The van der Waals surface area contributed by atoms with Crippen molar-refractivity contribution >= 4 is 17.4 Å². The lowest BCUT2D eigenvalue weighted by molar-refractivity contribution is -0.0493. The molecular weight excluding hydrogens is 208 g/mol. The molecule has 6 heteroatoms. The van der Waals surface area contributed by atoms with E-state index in [4.69, 9.17) is 4.42 Å². The van der Waals surface area contributed by atoms with E-state index in [1.165, 1.54) is 18.2 Å². The zero-order valence-corrected chi connectivity index (χ0v) is 7.31. The molecule has 1 heterocycles. The molecule has 0 bridgehead atoms. The van der Waals surface area contributed by atoms with Gasteiger partial charge >= 0.3 is 6.61 Å². The molecule has 0 aliphatic heterocycles. The number of carbonyl (C=O) groups is 1. The summed E-state index contributed by atoms with van der Waals surface area (Å²) in [6.07, 6.45) is 0.395. The molecule has 1 aromatic carbocycles. The topological polar surface area (TPSA) is 52.3 Å². The van der Waals surface area contributed by atoms with Gasteiger partial charge in [-0.3, -0.25) is 4.79 Å². The number of aldehydes is 1. The predicted molar refractivity (Wildman–Crippen MR) is 46.0 cm³/mol. The SMILES string of the molecule is O=Cc1nc2cccc(OC(F)F)c2o1. The number of alkyl halides is 2. The summed E-state index contributed by atoms with van der Waals surface area (Å²) in [7, 11) is 0. The minimum atomic E-state index is -2.94. The number of ether oxygens (including phenoxy) is 1. The van der Waals surface area contributed by atoms with Crippen molar-refractivity contribution in [1.29, 1.82) is 0 Å². The number of fused-ring (bicyclic) bond motifs is 1. The Labute approximate surface area is 82.5 Å². The van der Waals surface area contributed by atoms with Gasteiger partial charge in [0.2, 0.25) is 6.29 Å². The minimum absolute atomic E-state index is 0.0416. The van der Waals surface area contributed by atoms with Crippen LogP contribution in [0.3, 0.4) is 0 Å². The highest BCUT2D eigenvalue weighted by Crippen LogP contribution is 2.27. The second-order valence-electron chi connectivity index (χ2n) is 2.65. The van der Waals surface area contributed by atoms with Gasteiger partial charge in [0.25, 0.3) is 5.89 Å². The van der Waals surface area contributed by atoms with Gasteiger partial charge in [0.15, 0.2) is 11.3 Å². The molecule has 0 amide bonds. The highest BCUT2D eigenvalue weighted by atomic mass is 19.3. The molecule has 0 atom stereocenters. The van der Waals surface area contributed by atoms with Crippen molar-refractivity contribution in [3.05, 3.63) is 24.1 Å². The quantitative estimate of drug-likeness (QED) is 0.733. The standard InChI is InChI=1S/C9H5F2NO3/c10-9(11)14-6-3-1-2-5-8(6)15-7(4-13)12-5/h1-4,9H. The van der Waals surface area contributed by atoms with Crippen molar-refractivity contribution in [3.63, 3.8) is 0 Å². The fraction of sp³-hybridized carbons (Fsp3) is 0.111. The lowest BCUT2D eigenvalue weighted by Crippen LogP contribution is -2.01. The van der Waals surface area contributed by atoms with Gasteiger partial charge in [-0.2, -0.15) is 8.78 Å². The van der Waals surface area contributed by atoms with Crippen LogP contribution in [0.4, 0.5) is 8.78 Å². The van der Waals surface area contributed by atoms with Gasteiger partial charge in [0, 0.05) is 0 Å². The van der Waals surface area contributed by atoms with E-state index in [0.29, 0.717) is 11.8 Å². The first-order valence-corrected chi connectivity index (χ1v) is 4.00. The van der Waals surface area contributed by atoms with Gasteiger partial charge in [0.05, 0.1) is 0 Å². The second-order valence-corrected chi connectivity index (χ2v) is 2.65. The van der Waals surface area contributed by atoms with Gasteiger partial charge < -0.3 is 9.15 Å². The lowest BCUT2D eigenvalue weighted by Gasteiger charge is -2.02. The first kappa shape index (κ1) is 9.57. The van der Waals surface area contributed by atoms with Crippen LogP contribution < -0.4 is 4.74 Å². The summed E-state index contributed by atoms with van der Waals surface area (Å²) in [6, 6.07) is 4.33. The van der Waals surface area contributed by atoms with Gasteiger partial charge in [-0.15, -0.1) is 0 Å². The largest absolute Gasteiger partial charge is 0.431 e. The molecule has 0 saturated carbocycles. The maximum atomic E-state index is 12.0. The number of carbonyl (C=O) groups excluding carboxylic acids is 1. The third kappa shape index (κ3) is 1.78. The molecule has 0 spiro atoms. The smallest absolute Gasteiger partial charge is 0.387 e. The third-order valence-corrected chi connectivity index (χ3v) is 1.71. The van der Waals surface area contributed by atoms with Crippen molar-refractivity contribution in [1.82, 2.24) is 4.98 Å². The van der Waals surface area contributed by atoms with E-state index >= 15 is 0 Å². The number of halogens is 2. The van der Waals surface area contributed by atoms with Gasteiger partial charge in [-0.25, -0.2) is 4.98 Å². The summed E-state index contributed by atoms with van der Waals surface area (Å²) in [6.45, 7) is -2.94. The number of hydrogen-bond donors (Lipinski definition) is 0.